The van der Waals surface area contributed by atoms with Crippen molar-refractivity contribution >= 4 is 41.5 Å². The largest absolute Gasteiger partial charge is 0.357 e. The molecule has 25 heavy (non-hydrogen) atoms. The molecule has 0 fully saturated rings. The van der Waals surface area contributed by atoms with Crippen LogP contribution in [0.2, 0.25) is 5.02 Å². The topological polar surface area (TPSA) is 50.4 Å². The van der Waals surface area contributed by atoms with E-state index >= 15 is 0 Å². The molecular weight excluding hydrogens is 451 g/mol. The van der Waals surface area contributed by atoms with Crippen LogP contribution in [-0.4, -0.2) is 45.3 Å². The third-order valence-electron chi connectivity index (χ3n) is 3.78. The second-order valence-corrected chi connectivity index (χ2v) is 6.58. The average Bonchev–Trinajstić information content (AvgIpc) is 3.13. The van der Waals surface area contributed by atoms with E-state index < -0.39 is 0 Å². The number of nitrogens with one attached hydrogen (secondary N) is 1. The first-order valence-corrected chi connectivity index (χ1v) is 8.65. The molecule has 0 amide bonds. The first-order valence-electron chi connectivity index (χ1n) is 8.27. The molecule has 1 atom stereocenters. The van der Waals surface area contributed by atoms with Gasteiger partial charge in [-0.1, -0.05) is 18.5 Å². The molecule has 0 aliphatic carbocycles. The number of rotatable bonds is 7. The lowest BCUT2D eigenvalue weighted by atomic mass is 10.2. The summed E-state index contributed by atoms with van der Waals surface area (Å²) in [4.78, 5) is 6.90. The maximum Gasteiger partial charge on any atom is 0.194 e. The number of hydrogen-bond donors (Lipinski definition) is 1. The summed E-state index contributed by atoms with van der Waals surface area (Å²) in [6, 6.07) is 3.93. The molecule has 0 aliphatic rings. The summed E-state index contributed by atoms with van der Waals surface area (Å²) >= 11 is 6.07. The standard InChI is InChI=1S/C17H27ClN6.HI/c1-5-19-17(20-10-14(2)11-24-8-6-7-21-24)23(4)13-16-9-15(18)12-22(16)3;/h6-9,12,14H,5,10-11,13H2,1-4H3,(H,19,20);1H. The third kappa shape index (κ3) is 6.89. The minimum absolute atomic E-state index is 0. The highest BCUT2D eigenvalue weighted by atomic mass is 127. The normalized spacial score (nSPS) is 12.6. The maximum absolute atomic E-state index is 6.07. The minimum Gasteiger partial charge on any atom is -0.357 e. The van der Waals surface area contributed by atoms with Crippen molar-refractivity contribution < 1.29 is 0 Å². The summed E-state index contributed by atoms with van der Waals surface area (Å²) in [5.74, 6) is 1.32. The zero-order valence-corrected chi connectivity index (χ0v) is 18.4. The lowest BCUT2D eigenvalue weighted by Gasteiger charge is -2.23. The number of halogens is 2. The van der Waals surface area contributed by atoms with Gasteiger partial charge in [-0.05, 0) is 25.0 Å². The fourth-order valence-corrected chi connectivity index (χ4v) is 2.81. The summed E-state index contributed by atoms with van der Waals surface area (Å²) in [5, 5.41) is 8.36. The van der Waals surface area contributed by atoms with Gasteiger partial charge >= 0.3 is 0 Å². The van der Waals surface area contributed by atoms with Crippen molar-refractivity contribution in [3.05, 3.63) is 41.4 Å². The summed E-state index contributed by atoms with van der Waals surface area (Å²) in [6.07, 6.45) is 5.70. The van der Waals surface area contributed by atoms with Crippen molar-refractivity contribution in [2.24, 2.45) is 18.0 Å². The molecule has 6 nitrogen and oxygen atoms in total. The predicted molar refractivity (Wildman–Crippen MR) is 115 cm³/mol. The molecule has 0 saturated carbocycles. The van der Waals surface area contributed by atoms with Crippen LogP contribution < -0.4 is 5.32 Å². The number of aryl methyl sites for hydroxylation is 1. The second kappa shape index (κ2) is 10.7. The van der Waals surface area contributed by atoms with Crippen LogP contribution >= 0.6 is 35.6 Å². The Balaban J connectivity index is 0.00000312. The Labute approximate surface area is 172 Å². The molecule has 0 spiro atoms. The van der Waals surface area contributed by atoms with Crippen molar-refractivity contribution in [2.75, 3.05) is 20.1 Å². The van der Waals surface area contributed by atoms with Gasteiger partial charge in [0.2, 0.25) is 0 Å². The first-order chi connectivity index (χ1) is 11.5. The van der Waals surface area contributed by atoms with E-state index in [1.54, 1.807) is 6.20 Å². The zero-order valence-electron chi connectivity index (χ0n) is 15.3. The highest BCUT2D eigenvalue weighted by Gasteiger charge is 2.11. The van der Waals surface area contributed by atoms with E-state index in [0.29, 0.717) is 5.92 Å². The van der Waals surface area contributed by atoms with Crippen molar-refractivity contribution in [1.29, 1.82) is 0 Å². The molecule has 2 rings (SSSR count). The van der Waals surface area contributed by atoms with Crippen molar-refractivity contribution in [3.63, 3.8) is 0 Å². The van der Waals surface area contributed by atoms with Gasteiger partial charge in [-0.3, -0.25) is 9.67 Å². The Kier molecular flexibility index (Phi) is 9.34. The zero-order chi connectivity index (χ0) is 17.5. The molecule has 8 heteroatoms. The SMILES string of the molecule is CCNC(=NCC(C)Cn1cccn1)N(C)Cc1cc(Cl)cn1C.I. The van der Waals surface area contributed by atoms with Gasteiger partial charge in [0, 0.05) is 58.0 Å². The van der Waals surface area contributed by atoms with E-state index in [4.69, 9.17) is 16.6 Å². The lowest BCUT2D eigenvalue weighted by Crippen LogP contribution is -2.39. The molecule has 0 aromatic carbocycles. The van der Waals surface area contributed by atoms with Crippen molar-refractivity contribution in [3.8, 4) is 0 Å². The van der Waals surface area contributed by atoms with Gasteiger partial charge in [0.25, 0.3) is 0 Å². The van der Waals surface area contributed by atoms with Crippen molar-refractivity contribution in [2.45, 2.75) is 26.9 Å². The molecule has 140 valence electrons. The molecule has 0 saturated heterocycles. The van der Waals surface area contributed by atoms with Crippen LogP contribution in [0, 0.1) is 5.92 Å². The van der Waals surface area contributed by atoms with Gasteiger partial charge in [-0.25, -0.2) is 0 Å². The first kappa shape index (κ1) is 21.8. The molecule has 2 aromatic rings. The molecule has 1 N–H and O–H groups in total. The van der Waals surface area contributed by atoms with Gasteiger partial charge in [0.1, 0.15) is 0 Å². The van der Waals surface area contributed by atoms with Gasteiger partial charge in [-0.15, -0.1) is 24.0 Å². The lowest BCUT2D eigenvalue weighted by molar-refractivity contribution is 0.439. The van der Waals surface area contributed by atoms with Crippen LogP contribution in [-0.2, 0) is 20.1 Å². The quantitative estimate of drug-likeness (QED) is 0.378. The predicted octanol–water partition coefficient (Wildman–Crippen LogP) is 3.23. The van der Waals surface area contributed by atoms with E-state index in [0.717, 1.165) is 42.9 Å². The molecule has 2 aromatic heterocycles. The Bertz CT molecular complexity index is 652. The molecule has 2 heterocycles. The summed E-state index contributed by atoms with van der Waals surface area (Å²) in [7, 11) is 4.05. The van der Waals surface area contributed by atoms with Gasteiger partial charge in [0.05, 0.1) is 11.6 Å². The summed E-state index contributed by atoms with van der Waals surface area (Å²) < 4.78 is 3.99. The molecule has 0 bridgehead atoms. The second-order valence-electron chi connectivity index (χ2n) is 6.14. The maximum atomic E-state index is 6.07. The minimum atomic E-state index is 0. The Morgan fingerprint density at radius 3 is 2.80 bits per heavy atom. The fourth-order valence-electron chi connectivity index (χ4n) is 2.54. The van der Waals surface area contributed by atoms with E-state index in [9.17, 15) is 0 Å². The number of hydrogen-bond acceptors (Lipinski definition) is 2. The van der Waals surface area contributed by atoms with E-state index in [2.05, 4.69) is 29.2 Å². The number of aromatic nitrogens is 3. The van der Waals surface area contributed by atoms with Gasteiger partial charge in [0.15, 0.2) is 5.96 Å². The van der Waals surface area contributed by atoms with Crippen LogP contribution in [0.25, 0.3) is 0 Å². The van der Waals surface area contributed by atoms with E-state index in [1.807, 2.05) is 47.9 Å². The Morgan fingerprint density at radius 2 is 2.24 bits per heavy atom. The number of guanidine groups is 1. The monoisotopic (exact) mass is 478 g/mol. The van der Waals surface area contributed by atoms with Crippen LogP contribution in [0.5, 0.6) is 0 Å². The fraction of sp³-hybridized carbons (Fsp3) is 0.529. The van der Waals surface area contributed by atoms with Crippen LogP contribution in [0.1, 0.15) is 19.5 Å². The summed E-state index contributed by atoms with van der Waals surface area (Å²) in [5.41, 5.74) is 1.15. The average molecular weight is 479 g/mol. The Morgan fingerprint density at radius 1 is 1.48 bits per heavy atom. The molecular formula is C17H28ClIN6. The van der Waals surface area contributed by atoms with Crippen molar-refractivity contribution in [1.82, 2.24) is 24.6 Å². The Hall–Kier alpha value is -1.22. The molecule has 0 aliphatic heterocycles. The number of aliphatic imine (C=N–C) groups is 1. The number of nitrogens with zero attached hydrogens (tertiary/aromatic N) is 5. The molecule has 1 unspecified atom stereocenters. The van der Waals surface area contributed by atoms with E-state index in [-0.39, 0.29) is 24.0 Å². The van der Waals surface area contributed by atoms with Gasteiger partial charge in [-0.2, -0.15) is 5.10 Å². The highest BCUT2D eigenvalue weighted by Crippen LogP contribution is 2.14. The highest BCUT2D eigenvalue weighted by molar-refractivity contribution is 14.0. The van der Waals surface area contributed by atoms with E-state index in [1.165, 1.54) is 0 Å². The molecule has 0 radical (unpaired) electrons. The smallest absolute Gasteiger partial charge is 0.194 e. The van der Waals surface area contributed by atoms with Crippen LogP contribution in [0.3, 0.4) is 0 Å². The summed E-state index contributed by atoms with van der Waals surface area (Å²) in [6.45, 7) is 7.47. The van der Waals surface area contributed by atoms with Crippen LogP contribution in [0.4, 0.5) is 0 Å². The van der Waals surface area contributed by atoms with Crippen LogP contribution in [0.15, 0.2) is 35.7 Å². The van der Waals surface area contributed by atoms with Gasteiger partial charge < -0.3 is 14.8 Å². The third-order valence-corrected chi connectivity index (χ3v) is 3.99.